The third-order valence-corrected chi connectivity index (χ3v) is 4.45. The number of nitro benzene ring substituents is 1. The molecule has 0 amide bonds. The monoisotopic (exact) mass is 341 g/mol. The number of hydrogen-bond acceptors (Lipinski definition) is 4. The minimum atomic E-state index is -0.383. The van der Waals surface area contributed by atoms with Gasteiger partial charge in [0.15, 0.2) is 0 Å². The predicted molar refractivity (Wildman–Crippen MR) is 84.1 cm³/mol. The Bertz CT molecular complexity index is 493. The summed E-state index contributed by atoms with van der Waals surface area (Å²) < 4.78 is 0.741. The maximum atomic E-state index is 10.7. The quantitative estimate of drug-likeness (QED) is 0.657. The minimum Gasteiger partial charge on any atom is -0.384 e. The summed E-state index contributed by atoms with van der Waals surface area (Å²) in [6.07, 6.45) is 1.20. The van der Waals surface area contributed by atoms with Crippen LogP contribution in [0.1, 0.15) is 20.3 Å². The van der Waals surface area contributed by atoms with Crippen LogP contribution >= 0.6 is 15.9 Å². The van der Waals surface area contributed by atoms with Crippen molar-refractivity contribution < 1.29 is 4.92 Å². The van der Waals surface area contributed by atoms with Crippen LogP contribution in [0.4, 0.5) is 11.4 Å². The molecule has 1 aliphatic rings. The Morgan fingerprint density at radius 1 is 1.55 bits per heavy atom. The van der Waals surface area contributed by atoms with Crippen LogP contribution in [0.15, 0.2) is 22.7 Å². The SMILES string of the molecule is CC(C)N1CCC(CNc2ccc([N+](=O)[O-])cc2Br)C1. The lowest BCUT2D eigenvalue weighted by molar-refractivity contribution is -0.384. The molecule has 2 rings (SSSR count). The first kappa shape index (κ1) is 15.3. The summed E-state index contributed by atoms with van der Waals surface area (Å²) in [5.74, 6) is 0.638. The zero-order valence-electron chi connectivity index (χ0n) is 11.8. The number of anilines is 1. The second-order valence-electron chi connectivity index (χ2n) is 5.55. The van der Waals surface area contributed by atoms with E-state index in [4.69, 9.17) is 0 Å². The van der Waals surface area contributed by atoms with Gasteiger partial charge in [-0.05, 0) is 54.7 Å². The maximum Gasteiger partial charge on any atom is 0.270 e. The molecule has 1 saturated heterocycles. The number of likely N-dealkylation sites (tertiary alicyclic amines) is 1. The van der Waals surface area contributed by atoms with Gasteiger partial charge in [-0.3, -0.25) is 10.1 Å². The van der Waals surface area contributed by atoms with Gasteiger partial charge >= 0.3 is 0 Å². The predicted octanol–water partition coefficient (Wildman–Crippen LogP) is 3.50. The van der Waals surface area contributed by atoms with E-state index in [0.717, 1.165) is 29.8 Å². The Kier molecular flexibility index (Phi) is 4.99. The largest absolute Gasteiger partial charge is 0.384 e. The fraction of sp³-hybridized carbons (Fsp3) is 0.571. The maximum absolute atomic E-state index is 10.7. The number of halogens is 1. The molecule has 1 aliphatic heterocycles. The van der Waals surface area contributed by atoms with E-state index >= 15 is 0 Å². The molecule has 1 aromatic rings. The number of nitrogens with zero attached hydrogens (tertiary/aromatic N) is 2. The summed E-state index contributed by atoms with van der Waals surface area (Å²) in [5.41, 5.74) is 1.02. The highest BCUT2D eigenvalue weighted by molar-refractivity contribution is 9.10. The lowest BCUT2D eigenvalue weighted by atomic mass is 10.1. The Morgan fingerprint density at radius 2 is 2.30 bits per heavy atom. The molecular formula is C14H20BrN3O2. The molecule has 110 valence electrons. The summed E-state index contributed by atoms with van der Waals surface area (Å²) in [6, 6.07) is 5.43. The van der Waals surface area contributed by atoms with E-state index < -0.39 is 0 Å². The molecule has 1 unspecified atom stereocenters. The van der Waals surface area contributed by atoms with Gasteiger partial charge in [0, 0.05) is 41.4 Å². The fourth-order valence-electron chi connectivity index (χ4n) is 2.51. The molecule has 1 N–H and O–H groups in total. The topological polar surface area (TPSA) is 58.4 Å². The summed E-state index contributed by atoms with van der Waals surface area (Å²) >= 11 is 3.38. The molecule has 1 atom stereocenters. The number of nitrogens with one attached hydrogen (secondary N) is 1. The van der Waals surface area contributed by atoms with E-state index in [9.17, 15) is 10.1 Å². The van der Waals surface area contributed by atoms with Crippen molar-refractivity contribution in [2.45, 2.75) is 26.3 Å². The van der Waals surface area contributed by atoms with E-state index in [0.29, 0.717) is 12.0 Å². The molecule has 5 nitrogen and oxygen atoms in total. The zero-order chi connectivity index (χ0) is 14.7. The molecule has 0 spiro atoms. The molecule has 1 heterocycles. The third-order valence-electron chi connectivity index (χ3n) is 3.79. The average Bonchev–Trinajstić information content (AvgIpc) is 2.86. The van der Waals surface area contributed by atoms with Crippen LogP contribution in [-0.2, 0) is 0 Å². The van der Waals surface area contributed by atoms with Crippen LogP contribution in [-0.4, -0.2) is 35.5 Å². The van der Waals surface area contributed by atoms with Crippen LogP contribution in [0.5, 0.6) is 0 Å². The fourth-order valence-corrected chi connectivity index (χ4v) is 3.02. The van der Waals surface area contributed by atoms with Crippen molar-refractivity contribution in [2.24, 2.45) is 5.92 Å². The van der Waals surface area contributed by atoms with E-state index in [-0.39, 0.29) is 10.6 Å². The highest BCUT2D eigenvalue weighted by atomic mass is 79.9. The van der Waals surface area contributed by atoms with Gasteiger partial charge < -0.3 is 10.2 Å². The van der Waals surface area contributed by atoms with Gasteiger partial charge in [-0.2, -0.15) is 0 Å². The highest BCUT2D eigenvalue weighted by Crippen LogP contribution is 2.28. The van der Waals surface area contributed by atoms with Crippen LogP contribution in [0.3, 0.4) is 0 Å². The first-order valence-electron chi connectivity index (χ1n) is 6.89. The van der Waals surface area contributed by atoms with E-state index in [1.165, 1.54) is 18.6 Å². The molecule has 6 heteroatoms. The zero-order valence-corrected chi connectivity index (χ0v) is 13.4. The first-order chi connectivity index (χ1) is 9.47. The summed E-state index contributed by atoms with van der Waals surface area (Å²) in [7, 11) is 0. The molecule has 0 aliphatic carbocycles. The van der Waals surface area contributed by atoms with Gasteiger partial charge in [0.25, 0.3) is 5.69 Å². The van der Waals surface area contributed by atoms with Crippen LogP contribution in [0.25, 0.3) is 0 Å². The van der Waals surface area contributed by atoms with Crippen molar-refractivity contribution in [1.29, 1.82) is 0 Å². The first-order valence-corrected chi connectivity index (χ1v) is 7.68. The van der Waals surface area contributed by atoms with Gasteiger partial charge in [-0.1, -0.05) is 0 Å². The number of hydrogen-bond donors (Lipinski definition) is 1. The van der Waals surface area contributed by atoms with Crippen LogP contribution < -0.4 is 5.32 Å². The smallest absolute Gasteiger partial charge is 0.270 e. The number of non-ortho nitro benzene ring substituents is 1. The lowest BCUT2D eigenvalue weighted by Gasteiger charge is -2.20. The molecular weight excluding hydrogens is 322 g/mol. The number of rotatable bonds is 5. The van der Waals surface area contributed by atoms with Gasteiger partial charge in [-0.25, -0.2) is 0 Å². The number of benzene rings is 1. The van der Waals surface area contributed by atoms with Crippen molar-refractivity contribution in [3.8, 4) is 0 Å². The van der Waals surface area contributed by atoms with E-state index in [1.54, 1.807) is 6.07 Å². The Hall–Kier alpha value is -1.14. The van der Waals surface area contributed by atoms with Gasteiger partial charge in [0.2, 0.25) is 0 Å². The summed E-state index contributed by atoms with van der Waals surface area (Å²) in [4.78, 5) is 12.8. The average molecular weight is 342 g/mol. The summed E-state index contributed by atoms with van der Waals surface area (Å²) in [6.45, 7) is 7.63. The van der Waals surface area contributed by atoms with Crippen molar-refractivity contribution in [1.82, 2.24) is 4.90 Å². The van der Waals surface area contributed by atoms with Crippen molar-refractivity contribution in [3.05, 3.63) is 32.8 Å². The molecule has 1 aromatic carbocycles. The molecule has 1 fully saturated rings. The minimum absolute atomic E-state index is 0.106. The molecule has 20 heavy (non-hydrogen) atoms. The van der Waals surface area contributed by atoms with Crippen molar-refractivity contribution in [2.75, 3.05) is 25.0 Å². The van der Waals surface area contributed by atoms with Crippen molar-refractivity contribution >= 4 is 27.3 Å². The Morgan fingerprint density at radius 3 is 2.85 bits per heavy atom. The second kappa shape index (κ2) is 6.54. The second-order valence-corrected chi connectivity index (χ2v) is 6.40. The number of nitro groups is 1. The van der Waals surface area contributed by atoms with Crippen LogP contribution in [0.2, 0.25) is 0 Å². The van der Waals surface area contributed by atoms with Gasteiger partial charge in [-0.15, -0.1) is 0 Å². The van der Waals surface area contributed by atoms with Gasteiger partial charge in [0.1, 0.15) is 0 Å². The van der Waals surface area contributed by atoms with E-state index in [2.05, 4.69) is 40.0 Å². The molecule has 0 aromatic heterocycles. The highest BCUT2D eigenvalue weighted by Gasteiger charge is 2.24. The standard InChI is InChI=1S/C14H20BrN3O2/c1-10(2)17-6-5-11(9-17)8-16-14-4-3-12(18(19)20)7-13(14)15/h3-4,7,10-11,16H,5-6,8-9H2,1-2H3. The Labute approximate surface area is 127 Å². The lowest BCUT2D eigenvalue weighted by Crippen LogP contribution is -2.29. The normalized spacial score (nSPS) is 19.5. The van der Waals surface area contributed by atoms with Crippen molar-refractivity contribution in [3.63, 3.8) is 0 Å². The van der Waals surface area contributed by atoms with E-state index in [1.807, 2.05) is 0 Å². The molecule has 0 saturated carbocycles. The summed E-state index contributed by atoms with van der Waals surface area (Å²) in [5, 5.41) is 14.1. The Balaban J connectivity index is 1.90. The van der Waals surface area contributed by atoms with Gasteiger partial charge in [0.05, 0.1) is 4.92 Å². The molecule has 0 radical (unpaired) electrons. The third kappa shape index (κ3) is 3.70. The molecule has 0 bridgehead atoms. The van der Waals surface area contributed by atoms with Crippen LogP contribution in [0, 0.1) is 16.0 Å².